The summed E-state index contributed by atoms with van der Waals surface area (Å²) in [7, 11) is 0. The van der Waals surface area contributed by atoms with Crippen molar-refractivity contribution in [3.63, 3.8) is 0 Å². The fourth-order valence-corrected chi connectivity index (χ4v) is 3.92. The summed E-state index contributed by atoms with van der Waals surface area (Å²) in [6.07, 6.45) is 4.56. The van der Waals surface area contributed by atoms with Gasteiger partial charge in [0, 0.05) is 19.5 Å². The second-order valence-corrected chi connectivity index (χ2v) is 7.06. The molecule has 2 aliphatic rings. The van der Waals surface area contributed by atoms with E-state index in [0.29, 0.717) is 38.8 Å². The number of carbonyl (C=O) groups is 2. The minimum absolute atomic E-state index is 0.0720. The van der Waals surface area contributed by atoms with E-state index in [9.17, 15) is 14.7 Å². The van der Waals surface area contributed by atoms with E-state index in [-0.39, 0.29) is 41.7 Å². The molecule has 2 aliphatic heterocycles. The third kappa shape index (κ3) is 3.76. The van der Waals surface area contributed by atoms with E-state index in [1.807, 2.05) is 0 Å². The molecule has 0 aliphatic carbocycles. The van der Waals surface area contributed by atoms with Gasteiger partial charge in [0.2, 0.25) is 0 Å². The fourth-order valence-electron chi connectivity index (χ4n) is 3.92. The average Bonchev–Trinajstić information content (AvgIpc) is 3.11. The molecule has 3 heterocycles. The van der Waals surface area contributed by atoms with Crippen LogP contribution in [0.15, 0.2) is 6.33 Å². The highest BCUT2D eigenvalue weighted by molar-refractivity contribution is 6.02. The number of esters is 1. The van der Waals surface area contributed by atoms with E-state index in [1.54, 1.807) is 11.8 Å². The Hall–Kier alpha value is -1.93. The average molecular weight is 365 g/mol. The van der Waals surface area contributed by atoms with Crippen molar-refractivity contribution in [1.29, 1.82) is 0 Å². The van der Waals surface area contributed by atoms with E-state index < -0.39 is 5.97 Å². The Morgan fingerprint density at radius 2 is 2.15 bits per heavy atom. The smallest absolute Gasteiger partial charge is 0.357 e. The molecule has 3 rings (SSSR count). The van der Waals surface area contributed by atoms with Gasteiger partial charge in [-0.1, -0.05) is 6.92 Å². The molecule has 1 spiro atoms. The minimum Gasteiger partial charge on any atom is -0.461 e. The summed E-state index contributed by atoms with van der Waals surface area (Å²) in [6.45, 7) is 5.02. The van der Waals surface area contributed by atoms with Crippen molar-refractivity contribution in [3.8, 4) is 0 Å². The number of carbonyl (C=O) groups excluding carboxylic acids is 2. The lowest BCUT2D eigenvalue weighted by molar-refractivity contribution is -0.179. The molecule has 0 aromatic carbocycles. The normalized spacial score (nSPS) is 25.3. The van der Waals surface area contributed by atoms with Gasteiger partial charge in [-0.15, -0.1) is 0 Å². The van der Waals surface area contributed by atoms with Crippen LogP contribution in [-0.4, -0.2) is 69.4 Å². The van der Waals surface area contributed by atoms with Crippen molar-refractivity contribution in [2.24, 2.45) is 0 Å². The molecule has 2 fully saturated rings. The van der Waals surface area contributed by atoms with Crippen molar-refractivity contribution in [2.45, 2.75) is 63.8 Å². The van der Waals surface area contributed by atoms with E-state index >= 15 is 0 Å². The van der Waals surface area contributed by atoms with E-state index in [2.05, 4.69) is 16.9 Å². The van der Waals surface area contributed by atoms with Gasteiger partial charge in [-0.25, -0.2) is 9.78 Å². The summed E-state index contributed by atoms with van der Waals surface area (Å²) < 4.78 is 11.2. The van der Waals surface area contributed by atoms with Gasteiger partial charge >= 0.3 is 5.97 Å². The SMILES string of the molecule is CCOC(=O)c1[nH]cnc1C(=O)N1CCC2(CC1)C[C@H](O)C[C@H](CC)O2. The third-order valence-electron chi connectivity index (χ3n) is 5.30. The van der Waals surface area contributed by atoms with Gasteiger partial charge in [-0.05, 0) is 32.6 Å². The van der Waals surface area contributed by atoms with Crippen molar-refractivity contribution in [2.75, 3.05) is 19.7 Å². The van der Waals surface area contributed by atoms with Gasteiger partial charge in [0.15, 0.2) is 11.4 Å². The van der Waals surface area contributed by atoms with Crippen LogP contribution in [-0.2, 0) is 9.47 Å². The number of ether oxygens (including phenoxy) is 2. The maximum absolute atomic E-state index is 12.8. The summed E-state index contributed by atoms with van der Waals surface area (Å²) >= 11 is 0. The lowest BCUT2D eigenvalue weighted by Crippen LogP contribution is -2.53. The van der Waals surface area contributed by atoms with Gasteiger partial charge in [0.1, 0.15) is 0 Å². The Morgan fingerprint density at radius 1 is 1.42 bits per heavy atom. The third-order valence-corrected chi connectivity index (χ3v) is 5.30. The minimum atomic E-state index is -0.577. The number of likely N-dealkylation sites (tertiary alicyclic amines) is 1. The Kier molecular flexibility index (Phi) is 5.62. The first-order chi connectivity index (χ1) is 12.5. The Balaban J connectivity index is 1.66. The first kappa shape index (κ1) is 18.8. The number of nitrogens with zero attached hydrogens (tertiary/aromatic N) is 2. The van der Waals surface area contributed by atoms with Crippen LogP contribution >= 0.6 is 0 Å². The van der Waals surface area contributed by atoms with Crippen molar-refractivity contribution in [3.05, 3.63) is 17.7 Å². The Morgan fingerprint density at radius 3 is 2.81 bits per heavy atom. The predicted octanol–water partition coefficient (Wildman–Crippen LogP) is 1.51. The zero-order chi connectivity index (χ0) is 18.7. The zero-order valence-corrected chi connectivity index (χ0v) is 15.4. The summed E-state index contributed by atoms with van der Waals surface area (Å²) in [5, 5.41) is 10.2. The Bertz CT molecular complexity index is 651. The number of rotatable bonds is 4. The van der Waals surface area contributed by atoms with Crippen LogP contribution in [0.5, 0.6) is 0 Å². The highest BCUT2D eigenvalue weighted by Gasteiger charge is 2.44. The number of hydrogen-bond acceptors (Lipinski definition) is 6. The first-order valence-corrected chi connectivity index (χ1v) is 9.33. The van der Waals surface area contributed by atoms with Crippen LogP contribution in [0.25, 0.3) is 0 Å². The number of H-pyrrole nitrogens is 1. The molecular formula is C18H27N3O5. The molecule has 0 saturated carbocycles. The zero-order valence-electron chi connectivity index (χ0n) is 15.4. The Labute approximate surface area is 152 Å². The second-order valence-electron chi connectivity index (χ2n) is 7.06. The van der Waals surface area contributed by atoms with E-state index in [0.717, 1.165) is 6.42 Å². The summed E-state index contributed by atoms with van der Waals surface area (Å²) in [4.78, 5) is 33.1. The second kappa shape index (κ2) is 7.75. The van der Waals surface area contributed by atoms with E-state index in [1.165, 1.54) is 6.33 Å². The molecule has 0 radical (unpaired) electrons. The van der Waals surface area contributed by atoms with Crippen LogP contribution < -0.4 is 0 Å². The number of aromatic amines is 1. The molecule has 0 unspecified atom stereocenters. The predicted molar refractivity (Wildman–Crippen MR) is 92.8 cm³/mol. The fraction of sp³-hybridized carbons (Fsp3) is 0.722. The molecule has 144 valence electrons. The number of imidazole rings is 1. The van der Waals surface area contributed by atoms with Crippen LogP contribution in [0.1, 0.15) is 66.9 Å². The monoisotopic (exact) mass is 365 g/mol. The molecular weight excluding hydrogens is 338 g/mol. The lowest BCUT2D eigenvalue weighted by Gasteiger charge is -2.47. The van der Waals surface area contributed by atoms with Crippen LogP contribution in [0.4, 0.5) is 0 Å². The number of aromatic nitrogens is 2. The molecule has 2 saturated heterocycles. The maximum Gasteiger partial charge on any atom is 0.357 e. The van der Waals surface area contributed by atoms with Crippen LogP contribution in [0.3, 0.4) is 0 Å². The highest BCUT2D eigenvalue weighted by Crippen LogP contribution is 2.38. The first-order valence-electron chi connectivity index (χ1n) is 9.33. The van der Waals surface area contributed by atoms with Crippen LogP contribution in [0.2, 0.25) is 0 Å². The van der Waals surface area contributed by atoms with Crippen molar-refractivity contribution in [1.82, 2.24) is 14.9 Å². The van der Waals surface area contributed by atoms with Crippen molar-refractivity contribution < 1.29 is 24.2 Å². The summed E-state index contributed by atoms with van der Waals surface area (Å²) in [5.74, 6) is -0.862. The van der Waals surface area contributed by atoms with Gasteiger partial charge in [0.05, 0.1) is 30.7 Å². The molecule has 1 aromatic rings. The number of nitrogens with one attached hydrogen (secondary N) is 1. The maximum atomic E-state index is 12.8. The summed E-state index contributed by atoms with van der Waals surface area (Å²) in [6, 6.07) is 0. The highest BCUT2D eigenvalue weighted by atomic mass is 16.5. The molecule has 1 amide bonds. The van der Waals surface area contributed by atoms with Gasteiger partial charge in [-0.3, -0.25) is 4.79 Å². The van der Waals surface area contributed by atoms with Crippen molar-refractivity contribution >= 4 is 11.9 Å². The number of amides is 1. The molecule has 2 N–H and O–H groups in total. The number of piperidine rings is 1. The molecule has 1 aromatic heterocycles. The topological polar surface area (TPSA) is 105 Å². The standard InChI is InChI=1S/C18H27N3O5/c1-3-13-9-12(22)10-18(26-13)5-7-21(8-6-18)16(23)14-15(20-11-19-14)17(24)25-4-2/h11-13,22H,3-10H2,1-2H3,(H,19,20)/t12-,13+/m1/s1. The molecule has 0 bridgehead atoms. The molecule has 26 heavy (non-hydrogen) atoms. The van der Waals surface area contributed by atoms with Gasteiger partial charge in [-0.2, -0.15) is 0 Å². The number of aliphatic hydroxyl groups excluding tert-OH is 1. The van der Waals surface area contributed by atoms with E-state index in [4.69, 9.17) is 9.47 Å². The largest absolute Gasteiger partial charge is 0.461 e. The van der Waals surface area contributed by atoms with Crippen LogP contribution in [0, 0.1) is 0 Å². The summed E-state index contributed by atoms with van der Waals surface area (Å²) in [5.41, 5.74) is -0.173. The number of aliphatic hydroxyl groups is 1. The number of hydrogen-bond donors (Lipinski definition) is 2. The molecule has 8 heteroatoms. The quantitative estimate of drug-likeness (QED) is 0.784. The molecule has 8 nitrogen and oxygen atoms in total. The van der Waals surface area contributed by atoms with Gasteiger partial charge in [0.25, 0.3) is 5.91 Å². The molecule has 2 atom stereocenters. The van der Waals surface area contributed by atoms with Gasteiger partial charge < -0.3 is 24.5 Å². The lowest BCUT2D eigenvalue weighted by atomic mass is 9.81.